The van der Waals surface area contributed by atoms with Gasteiger partial charge in [-0.3, -0.25) is 0 Å². The minimum atomic E-state index is -0.365. The summed E-state index contributed by atoms with van der Waals surface area (Å²) in [4.78, 5) is 0. The molecule has 0 spiro atoms. The van der Waals surface area contributed by atoms with E-state index in [2.05, 4.69) is 15.9 Å². The Morgan fingerprint density at radius 3 is 2.93 bits per heavy atom. The third kappa shape index (κ3) is 3.69. The lowest BCUT2D eigenvalue weighted by atomic mass is 10.1. The molecule has 0 bridgehead atoms. The van der Waals surface area contributed by atoms with Crippen molar-refractivity contribution in [3.63, 3.8) is 0 Å². The van der Waals surface area contributed by atoms with E-state index in [-0.39, 0.29) is 6.10 Å². The van der Waals surface area contributed by atoms with Gasteiger partial charge < -0.3 is 9.84 Å². The Hall–Kier alpha value is 0.100. The van der Waals surface area contributed by atoms with Crippen LogP contribution in [0, 0.1) is 0 Å². The smallest absolute Gasteiger partial charge is 0.0809 e. The highest BCUT2D eigenvalue weighted by atomic mass is 79.9. The van der Waals surface area contributed by atoms with Crippen molar-refractivity contribution >= 4 is 27.3 Å². The Kier molecular flexibility index (Phi) is 5.70. The monoisotopic (exact) mass is 278 g/mol. The SMILES string of the molecule is CCOCCCC(O)c1cscc1Br. The highest BCUT2D eigenvalue weighted by molar-refractivity contribution is 9.10. The molecule has 0 saturated carbocycles. The summed E-state index contributed by atoms with van der Waals surface area (Å²) in [5, 5.41) is 13.8. The maximum Gasteiger partial charge on any atom is 0.0809 e. The zero-order valence-corrected chi connectivity index (χ0v) is 10.6. The molecule has 1 rings (SSSR count). The third-order valence-corrected chi connectivity index (χ3v) is 3.72. The Labute approximate surface area is 97.0 Å². The normalized spacial score (nSPS) is 13.1. The lowest BCUT2D eigenvalue weighted by molar-refractivity contribution is 0.114. The number of aliphatic hydroxyl groups excluding tert-OH is 1. The zero-order valence-electron chi connectivity index (χ0n) is 8.20. The number of hydrogen-bond donors (Lipinski definition) is 1. The van der Waals surface area contributed by atoms with Crippen LogP contribution >= 0.6 is 27.3 Å². The molecule has 0 aliphatic heterocycles. The van der Waals surface area contributed by atoms with Crippen LogP contribution in [0.3, 0.4) is 0 Å². The molecule has 1 heterocycles. The van der Waals surface area contributed by atoms with Crippen molar-refractivity contribution in [1.82, 2.24) is 0 Å². The first-order valence-electron chi connectivity index (χ1n) is 4.73. The van der Waals surface area contributed by atoms with Gasteiger partial charge in [-0.2, -0.15) is 11.3 Å². The summed E-state index contributed by atoms with van der Waals surface area (Å²) in [5.41, 5.74) is 0.992. The fourth-order valence-electron chi connectivity index (χ4n) is 1.21. The maximum atomic E-state index is 9.81. The summed E-state index contributed by atoms with van der Waals surface area (Å²) in [5.74, 6) is 0. The van der Waals surface area contributed by atoms with Crippen LogP contribution in [0.4, 0.5) is 0 Å². The fourth-order valence-corrected chi connectivity index (χ4v) is 2.82. The number of halogens is 1. The van der Waals surface area contributed by atoms with Gasteiger partial charge in [0.25, 0.3) is 0 Å². The van der Waals surface area contributed by atoms with Crippen molar-refractivity contribution in [1.29, 1.82) is 0 Å². The number of rotatable bonds is 6. The van der Waals surface area contributed by atoms with E-state index in [0.717, 1.165) is 36.1 Å². The quantitative estimate of drug-likeness (QED) is 0.809. The molecule has 1 aromatic heterocycles. The van der Waals surface area contributed by atoms with Crippen molar-refractivity contribution in [2.24, 2.45) is 0 Å². The zero-order chi connectivity index (χ0) is 10.4. The maximum absolute atomic E-state index is 9.81. The van der Waals surface area contributed by atoms with Crippen molar-refractivity contribution in [2.45, 2.75) is 25.9 Å². The summed E-state index contributed by atoms with van der Waals surface area (Å²) < 4.78 is 6.22. The summed E-state index contributed by atoms with van der Waals surface area (Å²) in [7, 11) is 0. The van der Waals surface area contributed by atoms with Crippen LogP contribution in [0.15, 0.2) is 15.2 Å². The molecule has 0 saturated heterocycles. The van der Waals surface area contributed by atoms with Crippen molar-refractivity contribution in [3.05, 3.63) is 20.8 Å². The standard InChI is InChI=1S/C10H15BrO2S/c1-2-13-5-3-4-10(12)8-6-14-7-9(8)11/h6-7,10,12H,2-5H2,1H3. The second kappa shape index (κ2) is 6.56. The molecular formula is C10H15BrO2S. The first kappa shape index (κ1) is 12.2. The topological polar surface area (TPSA) is 29.5 Å². The second-order valence-corrected chi connectivity index (χ2v) is 4.63. The molecule has 2 nitrogen and oxygen atoms in total. The van der Waals surface area contributed by atoms with Crippen LogP contribution in [-0.2, 0) is 4.74 Å². The van der Waals surface area contributed by atoms with Gasteiger partial charge in [-0.25, -0.2) is 0 Å². The van der Waals surface area contributed by atoms with Crippen molar-refractivity contribution < 1.29 is 9.84 Å². The van der Waals surface area contributed by atoms with Gasteiger partial charge in [0, 0.05) is 28.6 Å². The lowest BCUT2D eigenvalue weighted by Gasteiger charge is -2.09. The number of hydrogen-bond acceptors (Lipinski definition) is 3. The minimum absolute atomic E-state index is 0.365. The number of ether oxygens (including phenoxy) is 1. The van der Waals surface area contributed by atoms with Crippen LogP contribution in [0.1, 0.15) is 31.4 Å². The van der Waals surface area contributed by atoms with Crippen LogP contribution < -0.4 is 0 Å². The molecule has 80 valence electrons. The largest absolute Gasteiger partial charge is 0.388 e. The van der Waals surface area contributed by atoms with Crippen molar-refractivity contribution in [3.8, 4) is 0 Å². The Morgan fingerprint density at radius 2 is 2.36 bits per heavy atom. The second-order valence-electron chi connectivity index (χ2n) is 3.03. The Balaban J connectivity index is 2.28. The van der Waals surface area contributed by atoms with Crippen LogP contribution in [0.5, 0.6) is 0 Å². The van der Waals surface area contributed by atoms with E-state index in [1.807, 2.05) is 17.7 Å². The molecule has 1 aromatic rings. The van der Waals surface area contributed by atoms with Gasteiger partial charge in [-0.15, -0.1) is 0 Å². The molecular weight excluding hydrogens is 264 g/mol. The molecule has 0 fully saturated rings. The van der Waals surface area contributed by atoms with Crippen LogP contribution in [0.2, 0.25) is 0 Å². The minimum Gasteiger partial charge on any atom is -0.388 e. The van der Waals surface area contributed by atoms with E-state index in [0.29, 0.717) is 0 Å². The van der Waals surface area contributed by atoms with E-state index < -0.39 is 0 Å². The van der Waals surface area contributed by atoms with E-state index >= 15 is 0 Å². The molecule has 4 heteroatoms. The van der Waals surface area contributed by atoms with E-state index in [4.69, 9.17) is 4.74 Å². The number of thiophene rings is 1. The highest BCUT2D eigenvalue weighted by Crippen LogP contribution is 2.29. The molecule has 0 aliphatic rings. The predicted octanol–water partition coefficient (Wildman–Crippen LogP) is 3.36. The predicted molar refractivity (Wildman–Crippen MR) is 62.7 cm³/mol. The highest BCUT2D eigenvalue weighted by Gasteiger charge is 2.11. The average molecular weight is 279 g/mol. The van der Waals surface area contributed by atoms with Gasteiger partial charge in [-0.1, -0.05) is 0 Å². The molecule has 1 atom stereocenters. The van der Waals surface area contributed by atoms with Gasteiger partial charge in [0.15, 0.2) is 0 Å². The summed E-state index contributed by atoms with van der Waals surface area (Å²) in [6.07, 6.45) is 1.29. The Morgan fingerprint density at radius 1 is 1.57 bits per heavy atom. The lowest BCUT2D eigenvalue weighted by Crippen LogP contribution is -2.00. The van der Waals surface area contributed by atoms with Gasteiger partial charge in [0.05, 0.1) is 6.10 Å². The first-order chi connectivity index (χ1) is 6.75. The molecule has 0 radical (unpaired) electrons. The average Bonchev–Trinajstić information content (AvgIpc) is 2.59. The molecule has 14 heavy (non-hydrogen) atoms. The van der Waals surface area contributed by atoms with Gasteiger partial charge in [-0.05, 0) is 41.1 Å². The molecule has 0 aromatic carbocycles. The van der Waals surface area contributed by atoms with Gasteiger partial charge in [0.1, 0.15) is 0 Å². The van der Waals surface area contributed by atoms with E-state index in [1.54, 1.807) is 11.3 Å². The van der Waals surface area contributed by atoms with Gasteiger partial charge >= 0.3 is 0 Å². The number of aliphatic hydroxyl groups is 1. The Bertz CT molecular complexity index is 262. The summed E-state index contributed by atoms with van der Waals surface area (Å²) in [6, 6.07) is 0. The molecule has 0 amide bonds. The van der Waals surface area contributed by atoms with Crippen LogP contribution in [0.25, 0.3) is 0 Å². The first-order valence-corrected chi connectivity index (χ1v) is 6.46. The summed E-state index contributed by atoms with van der Waals surface area (Å²) >= 11 is 5.01. The molecule has 1 unspecified atom stereocenters. The third-order valence-electron chi connectivity index (χ3n) is 1.97. The van der Waals surface area contributed by atoms with E-state index in [9.17, 15) is 5.11 Å². The van der Waals surface area contributed by atoms with Crippen molar-refractivity contribution in [2.75, 3.05) is 13.2 Å². The van der Waals surface area contributed by atoms with Crippen LogP contribution in [-0.4, -0.2) is 18.3 Å². The fraction of sp³-hybridized carbons (Fsp3) is 0.600. The summed E-state index contributed by atoms with van der Waals surface area (Å²) in [6.45, 7) is 3.46. The molecule has 1 N–H and O–H groups in total. The van der Waals surface area contributed by atoms with E-state index in [1.165, 1.54) is 0 Å². The molecule has 0 aliphatic carbocycles. The van der Waals surface area contributed by atoms with Gasteiger partial charge in [0.2, 0.25) is 0 Å².